The van der Waals surface area contributed by atoms with E-state index in [1.807, 2.05) is 6.92 Å². The van der Waals surface area contributed by atoms with Crippen molar-refractivity contribution in [2.45, 2.75) is 13.1 Å². The maximum absolute atomic E-state index is 10.7. The smallest absolute Gasteiger partial charge is 0.262 e. The highest BCUT2D eigenvalue weighted by Crippen LogP contribution is 2.11. The lowest BCUT2D eigenvalue weighted by Crippen LogP contribution is -2.37. The first-order chi connectivity index (χ1) is 7.59. The van der Waals surface area contributed by atoms with Crippen molar-refractivity contribution < 1.29 is 20.0 Å². The molecule has 0 radical (unpaired) electrons. The molecule has 1 aliphatic heterocycles. The van der Waals surface area contributed by atoms with Crippen LogP contribution in [0.3, 0.4) is 0 Å². The molecule has 0 saturated carbocycles. The molecule has 0 aliphatic carbocycles. The van der Waals surface area contributed by atoms with E-state index in [1.165, 1.54) is 0 Å². The zero-order chi connectivity index (χ0) is 11.7. The molecule has 1 heterocycles. The van der Waals surface area contributed by atoms with Crippen molar-refractivity contribution >= 4 is 5.71 Å². The van der Waals surface area contributed by atoms with Gasteiger partial charge < -0.3 is 0 Å². The molecule has 0 amide bonds. The van der Waals surface area contributed by atoms with Gasteiger partial charge >= 0.3 is 11.9 Å². The normalized spacial score (nSPS) is 19.7. The molecule has 0 fully saturated rings. The highest BCUT2D eigenvalue weighted by molar-refractivity contribution is 5.99. The second kappa shape index (κ2) is 3.78. The molecule has 1 aliphatic rings. The minimum atomic E-state index is -1.27. The van der Waals surface area contributed by atoms with Gasteiger partial charge in [0.2, 0.25) is 4.90 Å². The standard InChI is InChI=1S/C9H10N3O4/c1-6-2-4-7(5-3-6)8-9(11(13)14)10-16-12(8)15/h2-5,9-10,15H,1H3/q+1. The minimum absolute atomic E-state index is 0.0602. The van der Waals surface area contributed by atoms with E-state index in [-0.39, 0.29) is 5.71 Å². The Balaban J connectivity index is 2.41. The van der Waals surface area contributed by atoms with Crippen LogP contribution in [0.4, 0.5) is 0 Å². The molecule has 0 aromatic heterocycles. The van der Waals surface area contributed by atoms with Crippen molar-refractivity contribution in [1.82, 2.24) is 5.48 Å². The Morgan fingerprint density at radius 1 is 1.50 bits per heavy atom. The van der Waals surface area contributed by atoms with Gasteiger partial charge in [0.15, 0.2) is 0 Å². The van der Waals surface area contributed by atoms with Crippen LogP contribution in [0.2, 0.25) is 0 Å². The van der Waals surface area contributed by atoms with E-state index in [0.29, 0.717) is 10.5 Å². The third-order valence-electron chi connectivity index (χ3n) is 2.27. The van der Waals surface area contributed by atoms with E-state index < -0.39 is 11.1 Å². The Morgan fingerprint density at radius 3 is 2.69 bits per heavy atom. The van der Waals surface area contributed by atoms with Gasteiger partial charge in [-0.05, 0) is 24.5 Å². The summed E-state index contributed by atoms with van der Waals surface area (Å²) in [6, 6.07) is 6.96. The van der Waals surface area contributed by atoms with Gasteiger partial charge in [0.05, 0.1) is 10.5 Å². The Bertz CT molecular complexity index is 454. The summed E-state index contributed by atoms with van der Waals surface area (Å²) in [6.45, 7) is 1.90. The van der Waals surface area contributed by atoms with E-state index >= 15 is 0 Å². The topological polar surface area (TPSA) is 87.6 Å². The summed E-state index contributed by atoms with van der Waals surface area (Å²) in [5.74, 6) is 0. The number of nitrogens with one attached hydrogen (secondary N) is 1. The number of aryl methyl sites for hydroxylation is 1. The van der Waals surface area contributed by atoms with Gasteiger partial charge in [-0.2, -0.15) is 0 Å². The van der Waals surface area contributed by atoms with Crippen molar-refractivity contribution in [2.75, 3.05) is 0 Å². The largest absolute Gasteiger partial charge is 0.394 e. The summed E-state index contributed by atoms with van der Waals surface area (Å²) in [6.07, 6.45) is -1.27. The van der Waals surface area contributed by atoms with Gasteiger partial charge in [0.1, 0.15) is 0 Å². The lowest BCUT2D eigenvalue weighted by Gasteiger charge is -1.97. The van der Waals surface area contributed by atoms with Gasteiger partial charge in [-0.1, -0.05) is 17.7 Å². The third-order valence-corrected chi connectivity index (χ3v) is 2.27. The van der Waals surface area contributed by atoms with Gasteiger partial charge in [0, 0.05) is 0 Å². The molecule has 7 nitrogen and oxygen atoms in total. The Kier molecular flexibility index (Phi) is 2.45. The number of benzene rings is 1. The number of hydroxylamine groups is 1. The highest BCUT2D eigenvalue weighted by atomic mass is 17.0. The summed E-state index contributed by atoms with van der Waals surface area (Å²) in [5, 5.41) is 20.0. The first-order valence-corrected chi connectivity index (χ1v) is 4.58. The fourth-order valence-electron chi connectivity index (χ4n) is 1.44. The van der Waals surface area contributed by atoms with E-state index in [0.717, 1.165) is 5.56 Å². The van der Waals surface area contributed by atoms with E-state index in [2.05, 4.69) is 10.4 Å². The van der Waals surface area contributed by atoms with Crippen LogP contribution >= 0.6 is 0 Å². The monoisotopic (exact) mass is 224 g/mol. The maximum atomic E-state index is 10.7. The molecular weight excluding hydrogens is 214 g/mol. The molecule has 7 heteroatoms. The Morgan fingerprint density at radius 2 is 2.12 bits per heavy atom. The summed E-state index contributed by atoms with van der Waals surface area (Å²) >= 11 is 0. The van der Waals surface area contributed by atoms with Crippen LogP contribution in [0.1, 0.15) is 11.1 Å². The third kappa shape index (κ3) is 1.68. The van der Waals surface area contributed by atoms with E-state index in [4.69, 9.17) is 0 Å². The van der Waals surface area contributed by atoms with Crippen LogP contribution in [0.25, 0.3) is 0 Å². The summed E-state index contributed by atoms with van der Waals surface area (Å²) in [7, 11) is 0. The van der Waals surface area contributed by atoms with Crippen molar-refractivity contribution in [3.8, 4) is 0 Å². The van der Waals surface area contributed by atoms with Crippen LogP contribution in [-0.2, 0) is 4.94 Å². The predicted octanol–water partition coefficient (Wildman–Crippen LogP) is 0.238. The predicted molar refractivity (Wildman–Crippen MR) is 52.3 cm³/mol. The zero-order valence-corrected chi connectivity index (χ0v) is 8.45. The van der Waals surface area contributed by atoms with Crippen LogP contribution in [0.5, 0.6) is 0 Å². The molecule has 1 aromatic carbocycles. The number of nitrogens with zero attached hydrogens (tertiary/aromatic N) is 2. The number of hydrogen-bond acceptors (Lipinski definition) is 5. The highest BCUT2D eigenvalue weighted by Gasteiger charge is 2.47. The van der Waals surface area contributed by atoms with E-state index in [9.17, 15) is 15.3 Å². The number of hydrogen-bond donors (Lipinski definition) is 2. The second-order valence-electron chi connectivity index (χ2n) is 3.42. The molecule has 2 rings (SSSR count). The average molecular weight is 224 g/mol. The molecule has 16 heavy (non-hydrogen) atoms. The summed E-state index contributed by atoms with van der Waals surface area (Å²) < 4.78 is 0. The SMILES string of the molecule is Cc1ccc(C2=[N+](O)ONC2[N+](=O)[O-])cc1. The fraction of sp³-hybridized carbons (Fsp3) is 0.222. The minimum Gasteiger partial charge on any atom is -0.262 e. The van der Waals surface area contributed by atoms with Crippen LogP contribution in [-0.4, -0.2) is 26.9 Å². The second-order valence-corrected chi connectivity index (χ2v) is 3.42. The molecule has 0 spiro atoms. The first kappa shape index (κ1) is 10.4. The molecule has 0 bridgehead atoms. The van der Waals surface area contributed by atoms with Crippen LogP contribution in [0.15, 0.2) is 24.3 Å². The van der Waals surface area contributed by atoms with Crippen LogP contribution in [0, 0.1) is 17.0 Å². The van der Waals surface area contributed by atoms with Crippen LogP contribution < -0.4 is 5.48 Å². The molecule has 1 atom stereocenters. The summed E-state index contributed by atoms with van der Waals surface area (Å²) in [5.41, 5.74) is 3.72. The maximum Gasteiger partial charge on any atom is 0.394 e. The lowest BCUT2D eigenvalue weighted by atomic mass is 10.1. The molecule has 1 aromatic rings. The van der Waals surface area contributed by atoms with Gasteiger partial charge in [-0.25, -0.2) is 5.21 Å². The Labute approximate surface area is 90.6 Å². The first-order valence-electron chi connectivity index (χ1n) is 4.58. The molecule has 84 valence electrons. The lowest BCUT2D eigenvalue weighted by molar-refractivity contribution is -0.965. The average Bonchev–Trinajstić information content (AvgIpc) is 2.62. The van der Waals surface area contributed by atoms with Crippen molar-refractivity contribution in [3.05, 3.63) is 45.5 Å². The molecule has 2 N–H and O–H groups in total. The summed E-state index contributed by atoms with van der Waals surface area (Å²) in [4.78, 5) is 15.0. The van der Waals surface area contributed by atoms with E-state index in [1.54, 1.807) is 24.3 Å². The number of nitro groups is 1. The van der Waals surface area contributed by atoms with Gasteiger partial charge in [-0.3, -0.25) is 10.1 Å². The van der Waals surface area contributed by atoms with Gasteiger partial charge in [0.25, 0.3) is 0 Å². The quantitative estimate of drug-likeness (QED) is 0.427. The molecule has 0 saturated heterocycles. The molecule has 1 unspecified atom stereocenters. The van der Waals surface area contributed by atoms with Crippen molar-refractivity contribution in [1.29, 1.82) is 0 Å². The van der Waals surface area contributed by atoms with Crippen molar-refractivity contribution in [3.63, 3.8) is 0 Å². The number of rotatable bonds is 2. The van der Waals surface area contributed by atoms with Gasteiger partial charge in [-0.15, -0.1) is 4.94 Å². The Hall–Kier alpha value is -2.15. The fourth-order valence-corrected chi connectivity index (χ4v) is 1.44. The zero-order valence-electron chi connectivity index (χ0n) is 8.45. The molecular formula is C9H10N3O4+. The van der Waals surface area contributed by atoms with Crippen molar-refractivity contribution in [2.24, 2.45) is 0 Å².